The van der Waals surface area contributed by atoms with Crippen molar-refractivity contribution in [2.75, 3.05) is 31.0 Å². The summed E-state index contributed by atoms with van der Waals surface area (Å²) in [5, 5.41) is 26.7. The highest BCUT2D eigenvalue weighted by Gasteiger charge is 2.33. The van der Waals surface area contributed by atoms with Gasteiger partial charge in [0, 0.05) is 19.2 Å². The third kappa shape index (κ3) is 6.20. The fourth-order valence-corrected chi connectivity index (χ4v) is 3.62. The Morgan fingerprint density at radius 1 is 1.29 bits per heavy atom. The number of hydrogen-bond donors (Lipinski definition) is 4. The topological polar surface area (TPSA) is 141 Å². The minimum absolute atomic E-state index is 0.00754. The molecular formula is C22H26F2N6O4. The van der Waals surface area contributed by atoms with E-state index in [9.17, 15) is 18.8 Å². The molecule has 1 saturated carbocycles. The second kappa shape index (κ2) is 11.4. The van der Waals surface area contributed by atoms with Gasteiger partial charge in [0.1, 0.15) is 12.7 Å². The maximum Gasteiger partial charge on any atom is 0.404 e. The molecule has 1 aliphatic carbocycles. The van der Waals surface area contributed by atoms with Gasteiger partial charge in [-0.25, -0.2) is 23.5 Å². The van der Waals surface area contributed by atoms with Crippen LogP contribution in [0.4, 0.5) is 30.9 Å². The third-order valence-corrected chi connectivity index (χ3v) is 5.54. The second-order valence-electron chi connectivity index (χ2n) is 7.90. The number of halogens is 2. The number of nitrogens with one attached hydrogen (secondary N) is 3. The van der Waals surface area contributed by atoms with E-state index in [0.717, 1.165) is 31.4 Å². The fourth-order valence-electron chi connectivity index (χ4n) is 3.62. The molecular weight excluding hydrogens is 450 g/mol. The van der Waals surface area contributed by atoms with Crippen LogP contribution in [0.3, 0.4) is 0 Å². The number of amides is 1. The van der Waals surface area contributed by atoms with Crippen LogP contribution in [-0.2, 0) is 4.74 Å². The molecule has 182 valence electrons. The number of methoxy groups -OCH3 is 1. The Hall–Kier alpha value is -3.72. The van der Waals surface area contributed by atoms with Gasteiger partial charge < -0.3 is 30.5 Å². The molecule has 2 aromatic heterocycles. The standard InChI is InChI=1S/C22H26F2N6O4/c1-12(27-22(31)32)18(13-4-3-5-13)29-20-16(23)8-14(10-25)19(30-20)28-15-9-17(24)21(26-11-15)34-7-6-33-2/h8-9,11-13,18,27H,3-7H2,1-2H3,(H,31,32)(H2,28,29,30)/t12-,18+/m0/s1. The SMILES string of the molecule is COCCOc1ncc(Nc2nc(N[C@@H](C3CCC3)[C@H](C)NC(=O)O)c(F)cc2C#N)cc1F. The molecule has 0 radical (unpaired) electrons. The summed E-state index contributed by atoms with van der Waals surface area (Å²) in [6, 6.07) is 3.06. The lowest BCUT2D eigenvalue weighted by atomic mass is 9.77. The smallest absolute Gasteiger partial charge is 0.404 e. The molecule has 0 bridgehead atoms. The first-order valence-corrected chi connectivity index (χ1v) is 10.7. The van der Waals surface area contributed by atoms with Crippen LogP contribution in [0.1, 0.15) is 31.7 Å². The van der Waals surface area contributed by atoms with Crippen LogP contribution < -0.4 is 20.7 Å². The summed E-state index contributed by atoms with van der Waals surface area (Å²) < 4.78 is 39.1. The molecule has 2 aromatic rings. The predicted molar refractivity (Wildman–Crippen MR) is 119 cm³/mol. The van der Waals surface area contributed by atoms with Crippen molar-refractivity contribution in [3.05, 3.63) is 35.5 Å². The molecule has 0 spiro atoms. The number of aromatic nitrogens is 2. The zero-order valence-corrected chi connectivity index (χ0v) is 18.8. The van der Waals surface area contributed by atoms with Gasteiger partial charge in [-0.05, 0) is 31.7 Å². The Morgan fingerprint density at radius 2 is 2.06 bits per heavy atom. The molecule has 1 amide bonds. The van der Waals surface area contributed by atoms with Crippen molar-refractivity contribution >= 4 is 23.4 Å². The molecule has 12 heteroatoms. The number of nitriles is 1. The zero-order valence-electron chi connectivity index (χ0n) is 18.8. The monoisotopic (exact) mass is 476 g/mol. The van der Waals surface area contributed by atoms with E-state index in [4.69, 9.17) is 14.6 Å². The first-order chi connectivity index (χ1) is 16.3. The first-order valence-electron chi connectivity index (χ1n) is 10.7. The van der Waals surface area contributed by atoms with Crippen LogP contribution in [-0.4, -0.2) is 53.6 Å². The molecule has 2 heterocycles. The van der Waals surface area contributed by atoms with Gasteiger partial charge in [-0.15, -0.1) is 0 Å². The number of rotatable bonds is 11. The lowest BCUT2D eigenvalue weighted by Crippen LogP contribution is -2.50. The quantitative estimate of drug-likeness (QED) is 0.358. The van der Waals surface area contributed by atoms with Crippen molar-refractivity contribution in [2.45, 2.75) is 38.3 Å². The van der Waals surface area contributed by atoms with E-state index in [-0.39, 0.29) is 47.9 Å². The molecule has 3 rings (SSSR count). The molecule has 0 aliphatic heterocycles. The number of carboxylic acid groups (broad SMARTS) is 1. The largest absolute Gasteiger partial charge is 0.473 e. The lowest BCUT2D eigenvalue weighted by Gasteiger charge is -2.38. The van der Waals surface area contributed by atoms with Gasteiger partial charge in [-0.3, -0.25) is 0 Å². The predicted octanol–water partition coefficient (Wildman–Crippen LogP) is 3.63. The number of carbonyl (C=O) groups is 1. The molecule has 0 unspecified atom stereocenters. The van der Waals surface area contributed by atoms with E-state index < -0.39 is 29.8 Å². The van der Waals surface area contributed by atoms with Gasteiger partial charge in [0.25, 0.3) is 5.88 Å². The van der Waals surface area contributed by atoms with Crippen molar-refractivity contribution in [1.82, 2.24) is 15.3 Å². The minimum Gasteiger partial charge on any atom is -0.473 e. The van der Waals surface area contributed by atoms with Gasteiger partial charge >= 0.3 is 6.09 Å². The molecule has 4 N–H and O–H groups in total. The summed E-state index contributed by atoms with van der Waals surface area (Å²) in [7, 11) is 1.49. The van der Waals surface area contributed by atoms with Gasteiger partial charge in [0.2, 0.25) is 0 Å². The van der Waals surface area contributed by atoms with E-state index in [1.807, 2.05) is 6.07 Å². The van der Waals surface area contributed by atoms with Crippen molar-refractivity contribution < 1.29 is 28.2 Å². The number of pyridine rings is 2. The van der Waals surface area contributed by atoms with Gasteiger partial charge in [0.15, 0.2) is 23.3 Å². The molecule has 1 fully saturated rings. The van der Waals surface area contributed by atoms with Crippen LogP contribution in [0.15, 0.2) is 18.3 Å². The molecule has 10 nitrogen and oxygen atoms in total. The van der Waals surface area contributed by atoms with Crippen LogP contribution >= 0.6 is 0 Å². The van der Waals surface area contributed by atoms with Crippen LogP contribution in [0, 0.1) is 28.9 Å². The van der Waals surface area contributed by atoms with E-state index >= 15 is 0 Å². The van der Waals surface area contributed by atoms with E-state index in [1.165, 1.54) is 13.3 Å². The molecule has 34 heavy (non-hydrogen) atoms. The normalized spacial score (nSPS) is 14.9. The molecule has 0 saturated heterocycles. The average Bonchev–Trinajstić information content (AvgIpc) is 2.75. The summed E-state index contributed by atoms with van der Waals surface area (Å²) in [6.07, 6.45) is 2.85. The van der Waals surface area contributed by atoms with Crippen LogP contribution in [0.5, 0.6) is 5.88 Å². The average molecular weight is 476 g/mol. The number of ether oxygens (including phenoxy) is 2. The highest BCUT2D eigenvalue weighted by molar-refractivity contribution is 5.66. The maximum atomic E-state index is 14.8. The summed E-state index contributed by atoms with van der Waals surface area (Å²) in [5.41, 5.74) is 0.0791. The molecule has 2 atom stereocenters. The van der Waals surface area contributed by atoms with Crippen molar-refractivity contribution in [2.24, 2.45) is 5.92 Å². The van der Waals surface area contributed by atoms with Crippen LogP contribution in [0.2, 0.25) is 0 Å². The Labute approximate surface area is 195 Å². The van der Waals surface area contributed by atoms with E-state index in [0.29, 0.717) is 0 Å². The summed E-state index contributed by atoms with van der Waals surface area (Å²) >= 11 is 0. The Morgan fingerprint density at radius 3 is 2.65 bits per heavy atom. The minimum atomic E-state index is -1.18. The van der Waals surface area contributed by atoms with Gasteiger partial charge in [-0.2, -0.15) is 5.26 Å². The summed E-state index contributed by atoms with van der Waals surface area (Å²) in [5.74, 6) is -1.73. The Balaban J connectivity index is 1.83. The number of nitrogens with zero attached hydrogens (tertiary/aromatic N) is 3. The molecule has 1 aliphatic rings. The van der Waals surface area contributed by atoms with Crippen LogP contribution in [0.25, 0.3) is 0 Å². The maximum absolute atomic E-state index is 14.8. The van der Waals surface area contributed by atoms with Gasteiger partial charge in [-0.1, -0.05) is 6.42 Å². The van der Waals surface area contributed by atoms with Crippen molar-refractivity contribution in [3.8, 4) is 11.9 Å². The summed E-state index contributed by atoms with van der Waals surface area (Å²) in [4.78, 5) is 19.2. The zero-order chi connectivity index (χ0) is 24.7. The Kier molecular flexibility index (Phi) is 8.37. The highest BCUT2D eigenvalue weighted by Crippen LogP contribution is 2.34. The van der Waals surface area contributed by atoms with E-state index in [1.54, 1.807) is 6.92 Å². The number of anilines is 3. The number of hydrogen-bond acceptors (Lipinski definition) is 8. The molecule has 0 aromatic carbocycles. The lowest BCUT2D eigenvalue weighted by molar-refractivity contribution is 0.141. The third-order valence-electron chi connectivity index (χ3n) is 5.54. The Bertz CT molecular complexity index is 1060. The fraction of sp³-hybridized carbons (Fsp3) is 0.455. The summed E-state index contributed by atoms with van der Waals surface area (Å²) in [6.45, 7) is 2.08. The second-order valence-corrected chi connectivity index (χ2v) is 7.90. The van der Waals surface area contributed by atoms with E-state index in [2.05, 4.69) is 25.9 Å². The van der Waals surface area contributed by atoms with Gasteiger partial charge in [0.05, 0.1) is 30.1 Å². The highest BCUT2D eigenvalue weighted by atomic mass is 19.1. The first kappa shape index (κ1) is 24.9. The van der Waals surface area contributed by atoms with Crippen molar-refractivity contribution in [3.63, 3.8) is 0 Å². The van der Waals surface area contributed by atoms with Crippen molar-refractivity contribution in [1.29, 1.82) is 5.26 Å².